The largest absolute Gasteiger partial charge is 0.471 e. The second-order valence-corrected chi connectivity index (χ2v) is 5.52. The van der Waals surface area contributed by atoms with E-state index in [0.717, 1.165) is 5.56 Å². The summed E-state index contributed by atoms with van der Waals surface area (Å²) >= 11 is 5.57. The Kier molecular flexibility index (Phi) is 6.01. The van der Waals surface area contributed by atoms with Crippen molar-refractivity contribution in [3.05, 3.63) is 52.9 Å². The lowest BCUT2D eigenvalue weighted by molar-refractivity contribution is -0.140. The molecule has 2 atom stereocenters. The van der Waals surface area contributed by atoms with Crippen molar-refractivity contribution in [2.24, 2.45) is 0 Å². The Hall–Kier alpha value is -1.86. The van der Waals surface area contributed by atoms with Crippen molar-refractivity contribution < 1.29 is 22.6 Å². The number of nitrogens with zero attached hydrogens (tertiary/aromatic N) is 2. The maximum Gasteiger partial charge on any atom is 0.423 e. The third kappa shape index (κ3) is 5.07. The van der Waals surface area contributed by atoms with E-state index in [2.05, 4.69) is 9.97 Å². The Morgan fingerprint density at radius 3 is 2.42 bits per heavy atom. The van der Waals surface area contributed by atoms with Crippen LogP contribution < -0.4 is 4.74 Å². The van der Waals surface area contributed by atoms with Crippen molar-refractivity contribution in [3.63, 3.8) is 0 Å². The van der Waals surface area contributed by atoms with Crippen LogP contribution in [0.15, 0.2) is 36.5 Å². The molecule has 24 heavy (non-hydrogen) atoms. The zero-order valence-electron chi connectivity index (χ0n) is 13.0. The van der Waals surface area contributed by atoms with Gasteiger partial charge in [-0.2, -0.15) is 18.2 Å². The van der Waals surface area contributed by atoms with E-state index in [-0.39, 0.29) is 5.28 Å². The quantitative estimate of drug-likeness (QED) is 0.710. The van der Waals surface area contributed by atoms with Crippen molar-refractivity contribution in [1.29, 1.82) is 0 Å². The normalized spacial score (nSPS) is 14.2. The maximum absolute atomic E-state index is 13.0. The summed E-state index contributed by atoms with van der Waals surface area (Å²) in [6, 6.07) is 9.42. The van der Waals surface area contributed by atoms with E-state index >= 15 is 0 Å². The standard InChI is InChI=1S/C16H16ClF3N2O2/c1-10(23-9-12-6-4-3-5-7-12)11(2)24-14-13(16(18,19)20)8-21-15(17)22-14/h3-8,10-11H,9H2,1-2H3. The van der Waals surface area contributed by atoms with Gasteiger partial charge in [-0.25, -0.2) is 4.98 Å². The first-order valence-corrected chi connectivity index (χ1v) is 7.57. The summed E-state index contributed by atoms with van der Waals surface area (Å²) in [4.78, 5) is 6.89. The van der Waals surface area contributed by atoms with Crippen LogP contribution in [0, 0.1) is 0 Å². The molecule has 0 radical (unpaired) electrons. The lowest BCUT2D eigenvalue weighted by atomic mass is 10.2. The van der Waals surface area contributed by atoms with Crippen LogP contribution in [0.4, 0.5) is 13.2 Å². The van der Waals surface area contributed by atoms with Gasteiger partial charge in [-0.3, -0.25) is 0 Å². The van der Waals surface area contributed by atoms with Crippen LogP contribution in [-0.2, 0) is 17.5 Å². The minimum Gasteiger partial charge on any atom is -0.471 e. The zero-order valence-corrected chi connectivity index (χ0v) is 13.8. The Labute approximate surface area is 142 Å². The summed E-state index contributed by atoms with van der Waals surface area (Å²) in [6.07, 6.45) is -5.15. The van der Waals surface area contributed by atoms with Gasteiger partial charge in [0.05, 0.1) is 12.7 Å². The molecule has 2 aromatic rings. The van der Waals surface area contributed by atoms with Crippen molar-refractivity contribution >= 4 is 11.6 Å². The van der Waals surface area contributed by atoms with Crippen molar-refractivity contribution in [2.45, 2.75) is 38.8 Å². The smallest absolute Gasteiger partial charge is 0.423 e. The summed E-state index contributed by atoms with van der Waals surface area (Å²) in [5.74, 6) is -0.606. The first kappa shape index (κ1) is 18.5. The molecule has 2 rings (SSSR count). The highest BCUT2D eigenvalue weighted by molar-refractivity contribution is 6.28. The van der Waals surface area contributed by atoms with Gasteiger partial charge in [-0.15, -0.1) is 0 Å². The molecule has 0 saturated heterocycles. The Balaban J connectivity index is 2.03. The Bertz CT molecular complexity index is 668. The average Bonchev–Trinajstić information content (AvgIpc) is 2.52. The molecule has 130 valence electrons. The molecule has 8 heteroatoms. The van der Waals surface area contributed by atoms with E-state index in [4.69, 9.17) is 21.1 Å². The molecule has 0 amide bonds. The van der Waals surface area contributed by atoms with Gasteiger partial charge in [0.25, 0.3) is 0 Å². The highest BCUT2D eigenvalue weighted by Crippen LogP contribution is 2.35. The highest BCUT2D eigenvalue weighted by atomic mass is 35.5. The third-order valence-electron chi connectivity index (χ3n) is 3.34. The van der Waals surface area contributed by atoms with E-state index in [1.807, 2.05) is 30.3 Å². The van der Waals surface area contributed by atoms with Gasteiger partial charge < -0.3 is 9.47 Å². The van der Waals surface area contributed by atoms with Gasteiger partial charge in [0.1, 0.15) is 11.7 Å². The predicted molar refractivity (Wildman–Crippen MR) is 82.8 cm³/mol. The maximum atomic E-state index is 13.0. The molecule has 1 aromatic heterocycles. The van der Waals surface area contributed by atoms with Crippen molar-refractivity contribution in [3.8, 4) is 5.88 Å². The van der Waals surface area contributed by atoms with E-state index in [0.29, 0.717) is 12.8 Å². The number of hydrogen-bond donors (Lipinski definition) is 0. The minimum absolute atomic E-state index is 0.317. The first-order valence-electron chi connectivity index (χ1n) is 7.19. The van der Waals surface area contributed by atoms with Gasteiger partial charge >= 0.3 is 6.18 Å². The molecular formula is C16H16ClF3N2O2. The molecule has 0 saturated carbocycles. The number of aromatic nitrogens is 2. The van der Waals surface area contributed by atoms with Crippen LogP contribution >= 0.6 is 11.6 Å². The Morgan fingerprint density at radius 2 is 1.79 bits per heavy atom. The Morgan fingerprint density at radius 1 is 1.12 bits per heavy atom. The van der Waals surface area contributed by atoms with Crippen LogP contribution in [-0.4, -0.2) is 22.2 Å². The molecule has 0 bridgehead atoms. The number of hydrogen-bond acceptors (Lipinski definition) is 4. The van der Waals surface area contributed by atoms with Gasteiger partial charge in [0, 0.05) is 6.20 Å². The van der Waals surface area contributed by atoms with Gasteiger partial charge in [-0.1, -0.05) is 30.3 Å². The van der Waals surface area contributed by atoms with E-state index in [1.165, 1.54) is 0 Å². The second kappa shape index (κ2) is 7.81. The van der Waals surface area contributed by atoms with Crippen molar-refractivity contribution in [2.75, 3.05) is 0 Å². The van der Waals surface area contributed by atoms with Gasteiger partial charge in [-0.05, 0) is 31.0 Å². The fourth-order valence-corrected chi connectivity index (χ4v) is 1.97. The summed E-state index contributed by atoms with van der Waals surface area (Å²) in [5.41, 5.74) is -0.119. The zero-order chi connectivity index (χ0) is 17.7. The SMILES string of the molecule is CC(OCc1ccccc1)C(C)Oc1nc(Cl)ncc1C(F)(F)F. The number of rotatable bonds is 6. The average molecular weight is 361 g/mol. The van der Waals surface area contributed by atoms with Crippen LogP contribution in [0.1, 0.15) is 25.0 Å². The van der Waals surface area contributed by atoms with Crippen molar-refractivity contribution in [1.82, 2.24) is 9.97 Å². The lowest BCUT2D eigenvalue weighted by Crippen LogP contribution is -2.30. The molecule has 0 aliphatic rings. The van der Waals surface area contributed by atoms with E-state index in [1.54, 1.807) is 13.8 Å². The van der Waals surface area contributed by atoms with Gasteiger partial charge in [0.15, 0.2) is 0 Å². The van der Waals surface area contributed by atoms with Crippen LogP contribution in [0.25, 0.3) is 0 Å². The third-order valence-corrected chi connectivity index (χ3v) is 3.53. The summed E-state index contributed by atoms with van der Waals surface area (Å²) in [6.45, 7) is 3.64. The summed E-state index contributed by atoms with van der Waals surface area (Å²) < 4.78 is 49.9. The molecule has 0 fully saturated rings. The molecule has 0 aliphatic heterocycles. The van der Waals surface area contributed by atoms with E-state index in [9.17, 15) is 13.2 Å². The first-order chi connectivity index (χ1) is 11.3. The molecule has 2 unspecified atom stereocenters. The molecule has 4 nitrogen and oxygen atoms in total. The number of benzene rings is 1. The van der Waals surface area contributed by atoms with Crippen LogP contribution in [0.3, 0.4) is 0 Å². The van der Waals surface area contributed by atoms with Crippen LogP contribution in [0.2, 0.25) is 5.28 Å². The minimum atomic E-state index is -4.63. The highest BCUT2D eigenvalue weighted by Gasteiger charge is 2.37. The topological polar surface area (TPSA) is 44.2 Å². The second-order valence-electron chi connectivity index (χ2n) is 5.18. The predicted octanol–water partition coefficient (Wildman–Crippen LogP) is 4.52. The lowest BCUT2D eigenvalue weighted by Gasteiger charge is -2.23. The van der Waals surface area contributed by atoms with Gasteiger partial charge in [0.2, 0.25) is 11.2 Å². The van der Waals surface area contributed by atoms with E-state index < -0.39 is 29.8 Å². The number of ether oxygens (including phenoxy) is 2. The fraction of sp³-hybridized carbons (Fsp3) is 0.375. The number of alkyl halides is 3. The number of halogens is 4. The summed E-state index contributed by atoms with van der Waals surface area (Å²) in [7, 11) is 0. The molecule has 1 heterocycles. The molecule has 0 spiro atoms. The summed E-state index contributed by atoms with van der Waals surface area (Å²) in [5, 5.41) is -0.317. The molecular weight excluding hydrogens is 345 g/mol. The van der Waals surface area contributed by atoms with Crippen LogP contribution in [0.5, 0.6) is 5.88 Å². The fourth-order valence-electron chi connectivity index (χ4n) is 1.84. The molecule has 0 aliphatic carbocycles. The molecule has 0 N–H and O–H groups in total. The molecule has 1 aromatic carbocycles. The monoisotopic (exact) mass is 360 g/mol.